The lowest BCUT2D eigenvalue weighted by molar-refractivity contribution is 0.378. The van der Waals surface area contributed by atoms with E-state index in [1.807, 2.05) is 12.1 Å². The van der Waals surface area contributed by atoms with Crippen LogP contribution in [0.1, 0.15) is 11.1 Å². The van der Waals surface area contributed by atoms with Gasteiger partial charge in [-0.3, -0.25) is 4.98 Å². The Balaban J connectivity index is 1.58. The van der Waals surface area contributed by atoms with Gasteiger partial charge < -0.3 is 5.73 Å². The number of hydrogen-bond acceptors (Lipinski definition) is 4. The van der Waals surface area contributed by atoms with Crippen LogP contribution in [0.15, 0.2) is 71.9 Å². The minimum atomic E-state index is -3.56. The highest BCUT2D eigenvalue weighted by Gasteiger charge is 2.32. The first-order valence-corrected chi connectivity index (χ1v) is 10.3. The summed E-state index contributed by atoms with van der Waals surface area (Å²) < 4.78 is 27.6. The molecule has 0 spiro atoms. The Labute approximate surface area is 159 Å². The van der Waals surface area contributed by atoms with E-state index in [2.05, 4.69) is 17.1 Å². The summed E-state index contributed by atoms with van der Waals surface area (Å²) in [4.78, 5) is 4.37. The predicted molar refractivity (Wildman–Crippen MR) is 107 cm³/mol. The predicted octanol–water partition coefficient (Wildman–Crippen LogP) is 3.12. The number of hydrogen-bond donors (Lipinski definition) is 1. The number of nitrogens with zero attached hydrogens (tertiary/aromatic N) is 2. The highest BCUT2D eigenvalue weighted by atomic mass is 32.2. The highest BCUT2D eigenvalue weighted by molar-refractivity contribution is 7.89. The van der Waals surface area contributed by atoms with Gasteiger partial charge in [-0.15, -0.1) is 0 Å². The van der Waals surface area contributed by atoms with Gasteiger partial charge in [-0.2, -0.15) is 4.31 Å². The van der Waals surface area contributed by atoms with E-state index in [1.54, 1.807) is 49.8 Å². The fraction of sp³-hybridized carbons (Fsp3) is 0.190. The summed E-state index contributed by atoms with van der Waals surface area (Å²) in [6.07, 6.45) is 4.80. The van der Waals surface area contributed by atoms with Crippen LogP contribution < -0.4 is 5.73 Å². The molecule has 1 aliphatic carbocycles. The largest absolute Gasteiger partial charge is 0.398 e. The van der Waals surface area contributed by atoms with Gasteiger partial charge in [0, 0.05) is 36.7 Å². The second-order valence-electron chi connectivity index (χ2n) is 6.84. The number of nitrogen functional groups attached to an aromatic ring is 1. The van der Waals surface area contributed by atoms with Crippen molar-refractivity contribution in [3.63, 3.8) is 0 Å². The van der Waals surface area contributed by atoms with Crippen molar-refractivity contribution >= 4 is 15.7 Å². The maximum Gasteiger partial charge on any atom is 0.243 e. The van der Waals surface area contributed by atoms with E-state index < -0.39 is 10.0 Å². The van der Waals surface area contributed by atoms with Crippen molar-refractivity contribution in [2.24, 2.45) is 0 Å². The van der Waals surface area contributed by atoms with Crippen LogP contribution in [0.5, 0.6) is 0 Å². The molecule has 0 fully saturated rings. The number of fused-ring (bicyclic) bond motifs is 1. The van der Waals surface area contributed by atoms with Crippen molar-refractivity contribution < 1.29 is 8.42 Å². The summed E-state index contributed by atoms with van der Waals surface area (Å²) in [5.74, 6) is 0. The summed E-state index contributed by atoms with van der Waals surface area (Å²) in [5, 5.41) is 0. The molecule has 5 nitrogen and oxygen atoms in total. The molecule has 3 aromatic rings. The summed E-state index contributed by atoms with van der Waals surface area (Å²) >= 11 is 0. The molecule has 0 unspecified atom stereocenters. The van der Waals surface area contributed by atoms with E-state index in [-0.39, 0.29) is 10.9 Å². The molecule has 0 radical (unpaired) electrons. The molecule has 0 saturated carbocycles. The van der Waals surface area contributed by atoms with Gasteiger partial charge in [0.15, 0.2) is 0 Å². The van der Waals surface area contributed by atoms with Gasteiger partial charge in [-0.05, 0) is 47.7 Å². The minimum Gasteiger partial charge on any atom is -0.398 e. The molecule has 2 aromatic carbocycles. The monoisotopic (exact) mass is 379 g/mol. The van der Waals surface area contributed by atoms with Gasteiger partial charge in [0.2, 0.25) is 10.0 Å². The molecule has 2 N–H and O–H groups in total. The van der Waals surface area contributed by atoms with Crippen LogP contribution in [0, 0.1) is 0 Å². The third kappa shape index (κ3) is 3.22. The second-order valence-corrected chi connectivity index (χ2v) is 8.84. The fourth-order valence-corrected chi connectivity index (χ4v) is 4.96. The maximum absolute atomic E-state index is 13.1. The maximum atomic E-state index is 13.1. The highest BCUT2D eigenvalue weighted by Crippen LogP contribution is 2.30. The Kier molecular flexibility index (Phi) is 4.45. The Hall–Kier alpha value is -2.70. The van der Waals surface area contributed by atoms with E-state index in [4.69, 9.17) is 5.73 Å². The van der Waals surface area contributed by atoms with Gasteiger partial charge in [-0.25, -0.2) is 8.42 Å². The quantitative estimate of drug-likeness (QED) is 0.756. The van der Waals surface area contributed by atoms with Crippen LogP contribution in [-0.2, 0) is 22.9 Å². The Morgan fingerprint density at radius 1 is 1.00 bits per heavy atom. The van der Waals surface area contributed by atoms with Gasteiger partial charge in [-0.1, -0.05) is 36.4 Å². The number of pyridine rings is 1. The van der Waals surface area contributed by atoms with Gasteiger partial charge in [0.05, 0.1) is 4.90 Å². The zero-order valence-corrected chi connectivity index (χ0v) is 15.9. The second kappa shape index (κ2) is 6.79. The first-order chi connectivity index (χ1) is 13.0. The lowest BCUT2D eigenvalue weighted by Gasteiger charge is -2.24. The van der Waals surface area contributed by atoms with Crippen LogP contribution in [0.2, 0.25) is 0 Å². The smallest absolute Gasteiger partial charge is 0.243 e. The fourth-order valence-electron chi connectivity index (χ4n) is 3.61. The zero-order valence-electron chi connectivity index (χ0n) is 15.0. The molecule has 0 atom stereocenters. The van der Waals surface area contributed by atoms with Crippen molar-refractivity contribution in [1.29, 1.82) is 0 Å². The first kappa shape index (κ1) is 17.7. The standard InChI is InChI=1S/C21H21N3O2S/c1-24(18-12-16-4-2-3-5-17(16)13-18)27(25,26)19-8-6-15(7-9-19)20-14-23-11-10-21(20)22/h2-11,14,18H,12-13H2,1H3,(H2,22,23). The van der Waals surface area contributed by atoms with Crippen LogP contribution in [0.25, 0.3) is 11.1 Å². The Morgan fingerprint density at radius 2 is 1.63 bits per heavy atom. The third-order valence-corrected chi connectivity index (χ3v) is 7.17. The zero-order chi connectivity index (χ0) is 19.0. The molecule has 1 heterocycles. The van der Waals surface area contributed by atoms with Gasteiger partial charge in [0.1, 0.15) is 0 Å². The normalized spacial score (nSPS) is 14.4. The first-order valence-electron chi connectivity index (χ1n) is 8.81. The summed E-state index contributed by atoms with van der Waals surface area (Å²) in [6.45, 7) is 0. The molecule has 27 heavy (non-hydrogen) atoms. The molecule has 0 amide bonds. The molecule has 0 aliphatic heterocycles. The van der Waals surface area contributed by atoms with E-state index in [1.165, 1.54) is 15.4 Å². The average Bonchev–Trinajstić information content (AvgIpc) is 3.12. The van der Waals surface area contributed by atoms with Crippen molar-refractivity contribution in [3.8, 4) is 11.1 Å². The summed E-state index contributed by atoms with van der Waals surface area (Å²) in [6, 6.07) is 16.6. The number of benzene rings is 2. The van der Waals surface area contributed by atoms with Crippen molar-refractivity contribution in [2.75, 3.05) is 12.8 Å². The van der Waals surface area contributed by atoms with Gasteiger partial charge >= 0.3 is 0 Å². The Morgan fingerprint density at radius 3 is 2.22 bits per heavy atom. The van der Waals surface area contributed by atoms with Crippen LogP contribution >= 0.6 is 0 Å². The van der Waals surface area contributed by atoms with E-state index >= 15 is 0 Å². The summed E-state index contributed by atoms with van der Waals surface area (Å²) in [7, 11) is -1.90. The molecule has 6 heteroatoms. The number of likely N-dealkylation sites (N-methyl/N-ethyl adjacent to an activating group) is 1. The SMILES string of the molecule is CN(C1Cc2ccccc2C1)S(=O)(=O)c1ccc(-c2cnccc2N)cc1. The van der Waals surface area contributed by atoms with Crippen LogP contribution in [0.3, 0.4) is 0 Å². The van der Waals surface area contributed by atoms with E-state index in [9.17, 15) is 8.42 Å². The topological polar surface area (TPSA) is 76.3 Å². The third-order valence-electron chi connectivity index (χ3n) is 5.24. The van der Waals surface area contributed by atoms with Crippen LogP contribution in [-0.4, -0.2) is 30.8 Å². The van der Waals surface area contributed by atoms with Crippen molar-refractivity contribution in [3.05, 3.63) is 78.1 Å². The molecule has 0 bridgehead atoms. The van der Waals surface area contributed by atoms with Crippen molar-refractivity contribution in [2.45, 2.75) is 23.8 Å². The number of anilines is 1. The molecular weight excluding hydrogens is 358 g/mol. The Bertz CT molecular complexity index is 1050. The lowest BCUT2D eigenvalue weighted by Crippen LogP contribution is -2.37. The summed E-state index contributed by atoms with van der Waals surface area (Å²) in [5.41, 5.74) is 10.7. The number of sulfonamides is 1. The number of rotatable bonds is 4. The van der Waals surface area contributed by atoms with Crippen molar-refractivity contribution in [1.82, 2.24) is 9.29 Å². The van der Waals surface area contributed by atoms with Gasteiger partial charge in [0.25, 0.3) is 0 Å². The minimum absolute atomic E-state index is 0.0546. The molecule has 1 aromatic heterocycles. The number of nitrogens with two attached hydrogens (primary N) is 1. The van der Waals surface area contributed by atoms with E-state index in [0.717, 1.165) is 24.0 Å². The molecule has 138 valence electrons. The molecule has 1 aliphatic rings. The molecular formula is C21H21N3O2S. The molecule has 0 saturated heterocycles. The van der Waals surface area contributed by atoms with Crippen LogP contribution in [0.4, 0.5) is 5.69 Å². The number of aromatic nitrogens is 1. The molecule has 4 rings (SSSR count). The average molecular weight is 379 g/mol. The van der Waals surface area contributed by atoms with E-state index in [0.29, 0.717) is 5.69 Å². The lowest BCUT2D eigenvalue weighted by atomic mass is 10.1.